The van der Waals surface area contributed by atoms with Crippen LogP contribution >= 0.6 is 22.6 Å². The molecule has 0 saturated carbocycles. The van der Waals surface area contributed by atoms with Gasteiger partial charge in [-0.15, -0.1) is 0 Å². The Balaban J connectivity index is 2.62. The second-order valence-electron chi connectivity index (χ2n) is 3.83. The molecule has 2 aromatic rings. The van der Waals surface area contributed by atoms with Crippen LogP contribution in [0.5, 0.6) is 0 Å². The lowest BCUT2D eigenvalue weighted by Gasteiger charge is -2.10. The summed E-state index contributed by atoms with van der Waals surface area (Å²) < 4.78 is 2.97. The number of hydrogen-bond acceptors (Lipinski definition) is 1. The highest BCUT2D eigenvalue weighted by Gasteiger charge is 2.06. The molecule has 78 valence electrons. The number of nitrogens with zero attached hydrogens (tertiary/aromatic N) is 2. The Bertz CT molecular complexity index is 477. The third kappa shape index (κ3) is 2.07. The van der Waals surface area contributed by atoms with Crippen molar-refractivity contribution in [1.82, 2.24) is 9.78 Å². The highest BCUT2D eigenvalue weighted by molar-refractivity contribution is 14.1. The highest BCUT2D eigenvalue weighted by Crippen LogP contribution is 2.20. The van der Waals surface area contributed by atoms with E-state index in [1.807, 2.05) is 16.9 Å². The van der Waals surface area contributed by atoms with Crippen molar-refractivity contribution in [2.75, 3.05) is 0 Å². The average molecular weight is 312 g/mol. The maximum atomic E-state index is 4.44. The SMILES string of the molecule is Cc1cc(C)c(-n2ccc(I)n2)c(C)c1. The summed E-state index contributed by atoms with van der Waals surface area (Å²) in [7, 11) is 0. The first-order chi connectivity index (χ1) is 7.08. The fourth-order valence-electron chi connectivity index (χ4n) is 1.96. The largest absolute Gasteiger partial charge is 0.239 e. The minimum absolute atomic E-state index is 1.02. The predicted molar refractivity (Wildman–Crippen MR) is 70.5 cm³/mol. The molecule has 0 bridgehead atoms. The molecule has 0 amide bonds. The topological polar surface area (TPSA) is 17.8 Å². The molecule has 0 aliphatic rings. The van der Waals surface area contributed by atoms with Crippen molar-refractivity contribution in [2.24, 2.45) is 0 Å². The molecule has 15 heavy (non-hydrogen) atoms. The van der Waals surface area contributed by atoms with Gasteiger partial charge in [0.25, 0.3) is 0 Å². The van der Waals surface area contributed by atoms with E-state index in [9.17, 15) is 0 Å². The van der Waals surface area contributed by atoms with Gasteiger partial charge in [0, 0.05) is 6.20 Å². The van der Waals surface area contributed by atoms with Crippen LogP contribution in [0.15, 0.2) is 24.4 Å². The molecular formula is C12H13IN2. The average Bonchev–Trinajstić information content (AvgIpc) is 2.49. The van der Waals surface area contributed by atoms with E-state index in [0.29, 0.717) is 0 Å². The summed E-state index contributed by atoms with van der Waals surface area (Å²) in [6.07, 6.45) is 2.01. The van der Waals surface area contributed by atoms with Gasteiger partial charge in [-0.2, -0.15) is 5.10 Å². The van der Waals surface area contributed by atoms with Crippen molar-refractivity contribution < 1.29 is 0 Å². The minimum Gasteiger partial charge on any atom is -0.239 e. The Morgan fingerprint density at radius 3 is 2.20 bits per heavy atom. The predicted octanol–water partition coefficient (Wildman–Crippen LogP) is 3.40. The third-order valence-electron chi connectivity index (χ3n) is 2.42. The van der Waals surface area contributed by atoms with Crippen LogP contribution in [0.2, 0.25) is 0 Å². The molecule has 0 aliphatic carbocycles. The van der Waals surface area contributed by atoms with Crippen LogP contribution in [0.3, 0.4) is 0 Å². The minimum atomic E-state index is 1.02. The molecule has 0 aliphatic heterocycles. The van der Waals surface area contributed by atoms with Crippen LogP contribution < -0.4 is 0 Å². The molecule has 0 radical (unpaired) electrons. The van der Waals surface area contributed by atoms with Crippen LogP contribution in [0.25, 0.3) is 5.69 Å². The molecular weight excluding hydrogens is 299 g/mol. The Morgan fingerprint density at radius 2 is 1.73 bits per heavy atom. The molecule has 0 N–H and O–H groups in total. The number of aromatic nitrogens is 2. The number of aryl methyl sites for hydroxylation is 3. The number of rotatable bonds is 1. The Hall–Kier alpha value is -0.840. The molecule has 0 saturated heterocycles. The monoisotopic (exact) mass is 312 g/mol. The highest BCUT2D eigenvalue weighted by atomic mass is 127. The van der Waals surface area contributed by atoms with E-state index in [1.165, 1.54) is 22.4 Å². The van der Waals surface area contributed by atoms with Crippen molar-refractivity contribution in [3.63, 3.8) is 0 Å². The second-order valence-corrected chi connectivity index (χ2v) is 4.94. The molecule has 3 heteroatoms. The molecule has 0 atom stereocenters. The summed E-state index contributed by atoms with van der Waals surface area (Å²) in [4.78, 5) is 0. The zero-order chi connectivity index (χ0) is 11.0. The van der Waals surface area contributed by atoms with Gasteiger partial charge in [-0.1, -0.05) is 17.7 Å². The van der Waals surface area contributed by atoms with E-state index in [-0.39, 0.29) is 0 Å². The first-order valence-corrected chi connectivity index (χ1v) is 5.95. The maximum Gasteiger partial charge on any atom is 0.123 e. The number of halogens is 1. The lowest BCUT2D eigenvalue weighted by atomic mass is 10.1. The van der Waals surface area contributed by atoms with Crippen molar-refractivity contribution in [1.29, 1.82) is 0 Å². The van der Waals surface area contributed by atoms with E-state index < -0.39 is 0 Å². The van der Waals surface area contributed by atoms with Crippen LogP contribution in [-0.2, 0) is 0 Å². The van der Waals surface area contributed by atoms with Gasteiger partial charge in [0.1, 0.15) is 3.70 Å². The molecule has 1 aromatic heterocycles. The van der Waals surface area contributed by atoms with Gasteiger partial charge in [-0.3, -0.25) is 0 Å². The first-order valence-electron chi connectivity index (χ1n) is 4.87. The zero-order valence-electron chi connectivity index (χ0n) is 9.08. The summed E-state index contributed by atoms with van der Waals surface area (Å²) in [5.41, 5.74) is 5.04. The Labute approximate surface area is 103 Å². The van der Waals surface area contributed by atoms with Crippen LogP contribution in [0.1, 0.15) is 16.7 Å². The quantitative estimate of drug-likeness (QED) is 0.738. The Kier molecular flexibility index (Phi) is 2.82. The lowest BCUT2D eigenvalue weighted by molar-refractivity contribution is 0.853. The summed E-state index contributed by atoms with van der Waals surface area (Å²) in [5, 5.41) is 4.44. The number of hydrogen-bond donors (Lipinski definition) is 0. The standard InChI is InChI=1S/C12H13IN2/c1-8-6-9(2)12(10(3)7-8)15-5-4-11(13)14-15/h4-7H,1-3H3. The van der Waals surface area contributed by atoms with Crippen LogP contribution in [0.4, 0.5) is 0 Å². The fourth-order valence-corrected chi connectivity index (χ4v) is 2.35. The second kappa shape index (κ2) is 3.96. The van der Waals surface area contributed by atoms with Crippen molar-refractivity contribution >= 4 is 22.6 Å². The van der Waals surface area contributed by atoms with Crippen molar-refractivity contribution in [2.45, 2.75) is 20.8 Å². The van der Waals surface area contributed by atoms with Gasteiger partial charge in [0.05, 0.1) is 5.69 Å². The van der Waals surface area contributed by atoms with E-state index in [1.54, 1.807) is 0 Å². The van der Waals surface area contributed by atoms with Crippen molar-refractivity contribution in [3.8, 4) is 5.69 Å². The first kappa shape index (κ1) is 10.7. The van der Waals surface area contributed by atoms with Gasteiger partial charge < -0.3 is 0 Å². The van der Waals surface area contributed by atoms with E-state index >= 15 is 0 Å². The van der Waals surface area contributed by atoms with Gasteiger partial charge in [-0.25, -0.2) is 4.68 Å². The van der Waals surface area contributed by atoms with Gasteiger partial charge in [0.15, 0.2) is 0 Å². The molecule has 0 spiro atoms. The smallest absolute Gasteiger partial charge is 0.123 e. The molecule has 2 nitrogen and oxygen atoms in total. The lowest BCUT2D eigenvalue weighted by Crippen LogP contribution is -2.01. The normalized spacial score (nSPS) is 10.7. The number of benzene rings is 1. The molecule has 1 heterocycles. The molecule has 2 rings (SSSR count). The van der Waals surface area contributed by atoms with Crippen molar-refractivity contribution in [3.05, 3.63) is 44.8 Å². The van der Waals surface area contributed by atoms with Crippen LogP contribution in [0, 0.1) is 24.5 Å². The molecule has 0 fully saturated rings. The van der Waals surface area contributed by atoms with E-state index in [2.05, 4.69) is 60.6 Å². The van der Waals surface area contributed by atoms with E-state index in [4.69, 9.17) is 0 Å². The maximum absolute atomic E-state index is 4.44. The summed E-state index contributed by atoms with van der Waals surface area (Å²) in [6.45, 7) is 6.38. The molecule has 1 aromatic carbocycles. The van der Waals surface area contributed by atoms with Gasteiger partial charge in [-0.05, 0) is 60.6 Å². The van der Waals surface area contributed by atoms with Gasteiger partial charge >= 0.3 is 0 Å². The van der Waals surface area contributed by atoms with Gasteiger partial charge in [0.2, 0.25) is 0 Å². The summed E-state index contributed by atoms with van der Waals surface area (Å²) in [6, 6.07) is 6.40. The summed E-state index contributed by atoms with van der Waals surface area (Å²) in [5.74, 6) is 0. The third-order valence-corrected chi connectivity index (χ3v) is 3.00. The van der Waals surface area contributed by atoms with Crippen LogP contribution in [-0.4, -0.2) is 9.78 Å². The fraction of sp³-hybridized carbons (Fsp3) is 0.250. The van der Waals surface area contributed by atoms with E-state index in [0.717, 1.165) is 3.70 Å². The zero-order valence-corrected chi connectivity index (χ0v) is 11.2. The summed E-state index contributed by atoms with van der Waals surface area (Å²) >= 11 is 2.23. The molecule has 0 unspecified atom stereocenters. The Morgan fingerprint density at radius 1 is 1.13 bits per heavy atom.